The average molecular weight is 299 g/mol. The highest BCUT2D eigenvalue weighted by molar-refractivity contribution is 9.10. The predicted molar refractivity (Wildman–Crippen MR) is 69.5 cm³/mol. The normalized spacial score (nSPS) is 17.2. The third-order valence-corrected chi connectivity index (χ3v) is 3.58. The fraction of sp³-hybridized carbons (Fsp3) is 0.500. The molecule has 1 fully saturated rings. The van der Waals surface area contributed by atoms with E-state index in [-0.39, 0.29) is 5.56 Å². The van der Waals surface area contributed by atoms with Gasteiger partial charge in [0.1, 0.15) is 11.4 Å². The number of aromatic nitrogens is 1. The molecule has 0 aromatic carbocycles. The highest BCUT2D eigenvalue weighted by atomic mass is 79.9. The Bertz CT molecular complexity index is 429. The Kier molecular flexibility index (Phi) is 3.66. The number of rotatable bonds is 2. The maximum Gasteiger partial charge on any atom is 0.339 e. The van der Waals surface area contributed by atoms with Crippen molar-refractivity contribution in [2.45, 2.75) is 19.8 Å². The molecule has 1 saturated heterocycles. The second kappa shape index (κ2) is 5.04. The molecule has 92 valence electrons. The third kappa shape index (κ3) is 2.77. The first-order valence-corrected chi connectivity index (χ1v) is 6.51. The van der Waals surface area contributed by atoms with Crippen molar-refractivity contribution in [2.75, 3.05) is 18.0 Å². The molecule has 17 heavy (non-hydrogen) atoms. The number of carbonyl (C=O) groups is 1. The van der Waals surface area contributed by atoms with Gasteiger partial charge in [0.2, 0.25) is 0 Å². The van der Waals surface area contributed by atoms with E-state index in [1.54, 1.807) is 12.3 Å². The zero-order valence-corrected chi connectivity index (χ0v) is 11.3. The second-order valence-electron chi connectivity index (χ2n) is 4.50. The van der Waals surface area contributed by atoms with Crippen LogP contribution in [-0.4, -0.2) is 29.1 Å². The van der Waals surface area contributed by atoms with Gasteiger partial charge in [-0.25, -0.2) is 9.78 Å². The number of hydrogen-bond donors (Lipinski definition) is 1. The van der Waals surface area contributed by atoms with Crippen LogP contribution in [0.25, 0.3) is 0 Å². The van der Waals surface area contributed by atoms with E-state index in [1.165, 1.54) is 0 Å². The molecule has 2 rings (SSSR count). The zero-order chi connectivity index (χ0) is 12.4. The highest BCUT2D eigenvalue weighted by Gasteiger charge is 2.22. The first-order valence-electron chi connectivity index (χ1n) is 5.71. The Morgan fingerprint density at radius 1 is 1.53 bits per heavy atom. The molecule has 1 aromatic rings. The van der Waals surface area contributed by atoms with E-state index >= 15 is 0 Å². The molecule has 1 aliphatic heterocycles. The fourth-order valence-corrected chi connectivity index (χ4v) is 2.39. The number of nitrogens with zero attached hydrogens (tertiary/aromatic N) is 2. The van der Waals surface area contributed by atoms with Gasteiger partial charge in [0.15, 0.2) is 0 Å². The minimum Gasteiger partial charge on any atom is -0.478 e. The lowest BCUT2D eigenvalue weighted by Crippen LogP contribution is -2.34. The Hall–Kier alpha value is -1.10. The van der Waals surface area contributed by atoms with E-state index in [2.05, 4.69) is 32.7 Å². The van der Waals surface area contributed by atoms with Gasteiger partial charge in [0, 0.05) is 23.8 Å². The Morgan fingerprint density at radius 3 is 2.76 bits per heavy atom. The molecule has 0 atom stereocenters. The van der Waals surface area contributed by atoms with Crippen molar-refractivity contribution in [3.63, 3.8) is 0 Å². The van der Waals surface area contributed by atoms with Crippen LogP contribution in [0.5, 0.6) is 0 Å². The minimum atomic E-state index is -0.924. The number of anilines is 1. The van der Waals surface area contributed by atoms with Gasteiger partial charge in [-0.15, -0.1) is 0 Å². The van der Waals surface area contributed by atoms with Crippen LogP contribution in [-0.2, 0) is 0 Å². The molecule has 0 aliphatic carbocycles. The number of pyridine rings is 1. The summed E-state index contributed by atoms with van der Waals surface area (Å²) in [4.78, 5) is 17.5. The van der Waals surface area contributed by atoms with E-state index < -0.39 is 5.97 Å². The number of piperidine rings is 1. The van der Waals surface area contributed by atoms with Crippen LogP contribution >= 0.6 is 15.9 Å². The van der Waals surface area contributed by atoms with E-state index in [0.29, 0.717) is 10.3 Å². The van der Waals surface area contributed by atoms with Gasteiger partial charge in [-0.2, -0.15) is 0 Å². The van der Waals surface area contributed by atoms with Crippen LogP contribution in [0.3, 0.4) is 0 Å². The van der Waals surface area contributed by atoms with Gasteiger partial charge in [0.05, 0.1) is 0 Å². The largest absolute Gasteiger partial charge is 0.478 e. The van der Waals surface area contributed by atoms with Crippen LogP contribution < -0.4 is 4.90 Å². The third-order valence-electron chi connectivity index (χ3n) is 3.15. The van der Waals surface area contributed by atoms with Crippen molar-refractivity contribution in [2.24, 2.45) is 5.92 Å². The van der Waals surface area contributed by atoms with E-state index in [0.717, 1.165) is 31.8 Å². The lowest BCUT2D eigenvalue weighted by molar-refractivity contribution is 0.0697. The maximum atomic E-state index is 11.2. The first-order chi connectivity index (χ1) is 8.08. The van der Waals surface area contributed by atoms with Gasteiger partial charge < -0.3 is 10.0 Å². The van der Waals surface area contributed by atoms with Crippen molar-refractivity contribution in [1.29, 1.82) is 0 Å². The fourth-order valence-electron chi connectivity index (χ4n) is 2.06. The molecule has 0 spiro atoms. The molecule has 5 heteroatoms. The smallest absolute Gasteiger partial charge is 0.339 e. The predicted octanol–water partition coefficient (Wildman–Crippen LogP) is 2.78. The topological polar surface area (TPSA) is 53.4 Å². The summed E-state index contributed by atoms with van der Waals surface area (Å²) in [7, 11) is 0. The summed E-state index contributed by atoms with van der Waals surface area (Å²) in [6, 6.07) is 1.61. The highest BCUT2D eigenvalue weighted by Crippen LogP contribution is 2.26. The maximum absolute atomic E-state index is 11.2. The summed E-state index contributed by atoms with van der Waals surface area (Å²) in [5.41, 5.74) is 0.272. The molecular weight excluding hydrogens is 284 g/mol. The van der Waals surface area contributed by atoms with Gasteiger partial charge in [-0.3, -0.25) is 0 Å². The first kappa shape index (κ1) is 12.4. The number of carboxylic acids is 1. The molecule has 1 aliphatic rings. The summed E-state index contributed by atoms with van der Waals surface area (Å²) in [6.07, 6.45) is 3.84. The van der Waals surface area contributed by atoms with Crippen molar-refractivity contribution in [3.8, 4) is 0 Å². The van der Waals surface area contributed by atoms with Gasteiger partial charge in [-0.1, -0.05) is 6.92 Å². The Balaban J connectivity index is 2.28. The number of aromatic carboxylic acids is 1. The number of hydrogen-bond acceptors (Lipinski definition) is 3. The van der Waals surface area contributed by atoms with Crippen molar-refractivity contribution >= 4 is 27.7 Å². The molecule has 1 N–H and O–H groups in total. The lowest BCUT2D eigenvalue weighted by Gasteiger charge is -2.31. The lowest BCUT2D eigenvalue weighted by atomic mass is 9.99. The Labute approximate surface area is 109 Å². The van der Waals surface area contributed by atoms with Crippen LogP contribution in [0.1, 0.15) is 30.1 Å². The van der Waals surface area contributed by atoms with Crippen molar-refractivity contribution in [3.05, 3.63) is 22.3 Å². The van der Waals surface area contributed by atoms with Crippen molar-refractivity contribution < 1.29 is 9.90 Å². The van der Waals surface area contributed by atoms with Crippen LogP contribution in [0, 0.1) is 5.92 Å². The van der Waals surface area contributed by atoms with Gasteiger partial charge in [-0.05, 0) is 40.8 Å². The number of carboxylic acid groups (broad SMARTS) is 1. The minimum absolute atomic E-state index is 0.272. The molecule has 4 nitrogen and oxygen atoms in total. The van der Waals surface area contributed by atoms with Crippen molar-refractivity contribution in [1.82, 2.24) is 4.98 Å². The summed E-state index contributed by atoms with van der Waals surface area (Å²) < 4.78 is 0.698. The van der Waals surface area contributed by atoms with Crippen LogP contribution in [0.4, 0.5) is 5.82 Å². The molecule has 2 heterocycles. The molecule has 0 amide bonds. The van der Waals surface area contributed by atoms with Crippen LogP contribution in [0.2, 0.25) is 0 Å². The van der Waals surface area contributed by atoms with E-state index in [4.69, 9.17) is 0 Å². The monoisotopic (exact) mass is 298 g/mol. The van der Waals surface area contributed by atoms with Gasteiger partial charge >= 0.3 is 5.97 Å². The molecular formula is C12H15BrN2O2. The van der Waals surface area contributed by atoms with Crippen LogP contribution in [0.15, 0.2) is 16.7 Å². The second-order valence-corrected chi connectivity index (χ2v) is 5.42. The molecule has 0 unspecified atom stereocenters. The molecule has 1 aromatic heterocycles. The van der Waals surface area contributed by atoms with Gasteiger partial charge in [0.25, 0.3) is 0 Å². The average Bonchev–Trinajstić information content (AvgIpc) is 2.30. The SMILES string of the molecule is CC1CCN(c2ncc(Br)cc2C(=O)O)CC1. The summed E-state index contributed by atoms with van der Waals surface area (Å²) in [6.45, 7) is 4.00. The molecule has 0 saturated carbocycles. The summed E-state index contributed by atoms with van der Waals surface area (Å²) >= 11 is 3.25. The van der Waals surface area contributed by atoms with E-state index in [1.807, 2.05) is 0 Å². The zero-order valence-electron chi connectivity index (χ0n) is 9.69. The standard InChI is InChI=1S/C12H15BrN2O2/c1-8-2-4-15(5-3-8)11-10(12(16)17)6-9(13)7-14-11/h6-8H,2-5H2,1H3,(H,16,17). The summed E-state index contributed by atoms with van der Waals surface area (Å²) in [5, 5.41) is 9.19. The molecule has 0 radical (unpaired) electrons. The summed E-state index contributed by atoms with van der Waals surface area (Å²) in [5.74, 6) is 0.384. The van der Waals surface area contributed by atoms with E-state index in [9.17, 15) is 9.90 Å². The molecule has 0 bridgehead atoms. The Morgan fingerprint density at radius 2 is 2.18 bits per heavy atom. The quantitative estimate of drug-likeness (QED) is 0.912. The number of halogens is 1.